The van der Waals surface area contributed by atoms with Gasteiger partial charge in [-0.1, -0.05) is 12.1 Å². The quantitative estimate of drug-likeness (QED) is 0.445. The number of hydrogen-bond donors (Lipinski definition) is 3. The Morgan fingerprint density at radius 2 is 1.65 bits per heavy atom. The van der Waals surface area contributed by atoms with Crippen LogP contribution in [0.2, 0.25) is 0 Å². The van der Waals surface area contributed by atoms with E-state index in [2.05, 4.69) is 48.2 Å². The zero-order valence-electron chi connectivity index (χ0n) is 24.0. The number of para-hydroxylation sites is 1. The van der Waals surface area contributed by atoms with E-state index in [1.54, 1.807) is 6.07 Å². The number of hydrogen-bond acceptors (Lipinski definition) is 7. The molecule has 3 saturated heterocycles. The smallest absolute Gasteiger partial charge is 0.160 e. The Bertz CT molecular complexity index is 1300. The van der Waals surface area contributed by atoms with Crippen LogP contribution in [0.25, 0.3) is 22.3 Å². The monoisotopic (exact) mass is 543 g/mol. The van der Waals surface area contributed by atoms with Crippen molar-refractivity contribution in [3.63, 3.8) is 0 Å². The Labute approximate surface area is 238 Å². The standard InChI is InChI=1S/C32H45N7O/c1-22-31-27-20-29(26-4-2-3-5-30(26)40)35-36-32(27)34-28(31)12-19-39(22)25-10-17-38(18-11-25)24-8-15-37(16-9-24)21-23-6-13-33-14-7-23/h2-5,20,22-25,33,40H,6-19,21H2,1H3,(H,34,36)/t22-/m1/s1. The highest BCUT2D eigenvalue weighted by Gasteiger charge is 2.36. The molecule has 0 saturated carbocycles. The number of likely N-dealkylation sites (tertiary alicyclic amines) is 2. The third-order valence-corrected chi connectivity index (χ3v) is 10.4. The maximum absolute atomic E-state index is 10.4. The van der Waals surface area contributed by atoms with Crippen LogP contribution in [0.5, 0.6) is 5.75 Å². The second-order valence-electron chi connectivity index (χ2n) is 12.7. The fraction of sp³-hybridized carbons (Fsp3) is 0.625. The molecule has 214 valence electrons. The SMILES string of the molecule is C[C@@H]1c2c([nH]c3nnc(-c4ccccc4O)cc23)CCN1C1CCN(C2CCN(CC3CCNCC3)CC2)CC1. The number of phenols is 1. The highest BCUT2D eigenvalue weighted by Crippen LogP contribution is 2.39. The van der Waals surface area contributed by atoms with E-state index in [1.165, 1.54) is 95.6 Å². The summed E-state index contributed by atoms with van der Waals surface area (Å²) >= 11 is 0. The van der Waals surface area contributed by atoms with E-state index in [0.29, 0.717) is 12.1 Å². The lowest BCUT2D eigenvalue weighted by molar-refractivity contribution is 0.0357. The van der Waals surface area contributed by atoms with Gasteiger partial charge >= 0.3 is 0 Å². The van der Waals surface area contributed by atoms with Crippen molar-refractivity contribution >= 4 is 11.0 Å². The minimum Gasteiger partial charge on any atom is -0.507 e. The summed E-state index contributed by atoms with van der Waals surface area (Å²) in [5.74, 6) is 1.15. The van der Waals surface area contributed by atoms with Crippen molar-refractivity contribution in [2.75, 3.05) is 52.4 Å². The van der Waals surface area contributed by atoms with Gasteiger partial charge in [0, 0.05) is 54.3 Å². The summed E-state index contributed by atoms with van der Waals surface area (Å²) in [5, 5.41) is 24.0. The molecule has 2 aromatic heterocycles. The zero-order chi connectivity index (χ0) is 27.1. The Kier molecular flexibility index (Phi) is 7.52. The van der Waals surface area contributed by atoms with Gasteiger partial charge in [-0.05, 0) is 114 Å². The third kappa shape index (κ3) is 5.15. The first kappa shape index (κ1) is 26.4. The fourth-order valence-electron chi connectivity index (χ4n) is 8.14. The largest absolute Gasteiger partial charge is 0.507 e. The number of aromatic nitrogens is 3. The molecule has 8 nitrogen and oxygen atoms in total. The van der Waals surface area contributed by atoms with Crippen LogP contribution in [0.15, 0.2) is 30.3 Å². The zero-order valence-corrected chi connectivity index (χ0v) is 24.0. The summed E-state index contributed by atoms with van der Waals surface area (Å²) in [6.45, 7) is 12.2. The van der Waals surface area contributed by atoms with E-state index >= 15 is 0 Å². The molecule has 40 heavy (non-hydrogen) atoms. The van der Waals surface area contributed by atoms with E-state index in [9.17, 15) is 5.11 Å². The second kappa shape index (κ2) is 11.4. The molecule has 8 heteroatoms. The van der Waals surface area contributed by atoms with E-state index < -0.39 is 0 Å². The van der Waals surface area contributed by atoms with Crippen LogP contribution in [0, 0.1) is 5.92 Å². The Balaban J connectivity index is 0.981. The maximum atomic E-state index is 10.4. The second-order valence-corrected chi connectivity index (χ2v) is 12.7. The van der Waals surface area contributed by atoms with Gasteiger partial charge in [0.1, 0.15) is 5.75 Å². The number of benzene rings is 1. The molecule has 6 heterocycles. The van der Waals surface area contributed by atoms with Gasteiger partial charge < -0.3 is 25.2 Å². The number of phenolic OH excluding ortho intramolecular Hbond substituents is 1. The molecule has 3 N–H and O–H groups in total. The lowest BCUT2D eigenvalue weighted by Crippen LogP contribution is -2.52. The van der Waals surface area contributed by atoms with E-state index in [1.807, 2.05) is 18.2 Å². The molecule has 7 rings (SSSR count). The predicted octanol–water partition coefficient (Wildman–Crippen LogP) is 4.18. The van der Waals surface area contributed by atoms with Gasteiger partial charge in [-0.15, -0.1) is 10.2 Å². The van der Waals surface area contributed by atoms with E-state index in [0.717, 1.165) is 47.2 Å². The molecule has 0 bridgehead atoms. The fourth-order valence-corrected chi connectivity index (χ4v) is 8.14. The van der Waals surface area contributed by atoms with E-state index in [4.69, 9.17) is 0 Å². The molecule has 0 aliphatic carbocycles. The number of rotatable bonds is 5. The van der Waals surface area contributed by atoms with Crippen molar-refractivity contribution in [2.45, 2.75) is 70.0 Å². The maximum Gasteiger partial charge on any atom is 0.160 e. The summed E-state index contributed by atoms with van der Waals surface area (Å²) in [5.41, 5.74) is 5.00. The lowest BCUT2D eigenvalue weighted by Gasteiger charge is -2.46. The van der Waals surface area contributed by atoms with Crippen LogP contribution in [0.3, 0.4) is 0 Å². The number of fused-ring (bicyclic) bond motifs is 3. The van der Waals surface area contributed by atoms with Gasteiger partial charge in [0.2, 0.25) is 0 Å². The average molecular weight is 544 g/mol. The van der Waals surface area contributed by atoms with Crippen LogP contribution in [-0.4, -0.2) is 99.4 Å². The Morgan fingerprint density at radius 3 is 2.42 bits per heavy atom. The van der Waals surface area contributed by atoms with Crippen molar-refractivity contribution < 1.29 is 5.11 Å². The van der Waals surface area contributed by atoms with Crippen molar-refractivity contribution in [3.8, 4) is 17.0 Å². The summed E-state index contributed by atoms with van der Waals surface area (Å²) in [6, 6.07) is 11.3. The van der Waals surface area contributed by atoms with Gasteiger partial charge in [-0.25, -0.2) is 0 Å². The minimum absolute atomic E-state index is 0.245. The number of nitrogens with one attached hydrogen (secondary N) is 2. The third-order valence-electron chi connectivity index (χ3n) is 10.4. The first-order chi connectivity index (χ1) is 19.6. The molecule has 0 unspecified atom stereocenters. The van der Waals surface area contributed by atoms with Crippen molar-refractivity contribution in [2.24, 2.45) is 5.92 Å². The first-order valence-electron chi connectivity index (χ1n) is 15.7. The van der Waals surface area contributed by atoms with Crippen LogP contribution in [-0.2, 0) is 6.42 Å². The van der Waals surface area contributed by atoms with Crippen molar-refractivity contribution in [3.05, 3.63) is 41.6 Å². The van der Waals surface area contributed by atoms with Crippen molar-refractivity contribution in [1.82, 2.24) is 35.2 Å². The Morgan fingerprint density at radius 1 is 0.900 bits per heavy atom. The summed E-state index contributed by atoms with van der Waals surface area (Å²) in [6.07, 6.45) is 8.95. The molecule has 3 fully saturated rings. The molecular formula is C32H45N7O. The Hall–Kier alpha value is -2.52. The molecule has 1 aromatic carbocycles. The minimum atomic E-state index is 0.245. The predicted molar refractivity (Wildman–Crippen MR) is 159 cm³/mol. The average Bonchev–Trinajstić information content (AvgIpc) is 3.37. The number of nitrogens with zero attached hydrogens (tertiary/aromatic N) is 5. The first-order valence-corrected chi connectivity index (χ1v) is 15.7. The number of H-pyrrole nitrogens is 1. The van der Waals surface area contributed by atoms with Gasteiger partial charge in [-0.3, -0.25) is 4.90 Å². The van der Waals surface area contributed by atoms with Gasteiger partial charge in [0.15, 0.2) is 5.65 Å². The summed E-state index contributed by atoms with van der Waals surface area (Å²) in [4.78, 5) is 11.9. The molecule has 3 aromatic rings. The van der Waals surface area contributed by atoms with Crippen molar-refractivity contribution in [1.29, 1.82) is 0 Å². The highest BCUT2D eigenvalue weighted by atomic mass is 16.3. The van der Waals surface area contributed by atoms with E-state index in [-0.39, 0.29) is 5.75 Å². The molecule has 0 amide bonds. The highest BCUT2D eigenvalue weighted by molar-refractivity contribution is 5.86. The van der Waals surface area contributed by atoms with Crippen LogP contribution in [0.1, 0.15) is 62.7 Å². The molecule has 0 radical (unpaired) electrons. The molecule has 4 aliphatic rings. The van der Waals surface area contributed by atoms with Crippen LogP contribution in [0.4, 0.5) is 0 Å². The topological polar surface area (TPSA) is 83.5 Å². The number of aromatic hydroxyl groups is 1. The molecular weight excluding hydrogens is 498 g/mol. The number of piperidine rings is 3. The van der Waals surface area contributed by atoms with Crippen LogP contribution >= 0.6 is 0 Å². The van der Waals surface area contributed by atoms with Gasteiger partial charge in [0.05, 0.1) is 5.69 Å². The molecule has 0 spiro atoms. The summed E-state index contributed by atoms with van der Waals surface area (Å²) in [7, 11) is 0. The molecule has 1 atom stereocenters. The summed E-state index contributed by atoms with van der Waals surface area (Å²) < 4.78 is 0. The van der Waals surface area contributed by atoms with Crippen LogP contribution < -0.4 is 5.32 Å². The lowest BCUT2D eigenvalue weighted by atomic mass is 9.91. The number of aromatic amines is 1. The normalized spacial score (nSPS) is 25.0. The van der Waals surface area contributed by atoms with Gasteiger partial charge in [-0.2, -0.15) is 0 Å². The van der Waals surface area contributed by atoms with Gasteiger partial charge in [0.25, 0.3) is 0 Å². The molecule has 4 aliphatic heterocycles.